The molecule has 1 aromatic heterocycles. The van der Waals surface area contributed by atoms with Crippen molar-refractivity contribution in [1.82, 2.24) is 5.32 Å². The number of rotatable bonds is 3. The molecular formula is C11H17NOS. The zero-order chi connectivity index (χ0) is 10.0. The van der Waals surface area contributed by atoms with Crippen molar-refractivity contribution >= 4 is 11.3 Å². The van der Waals surface area contributed by atoms with E-state index in [4.69, 9.17) is 0 Å². The van der Waals surface area contributed by atoms with Crippen LogP contribution < -0.4 is 5.32 Å². The molecule has 1 fully saturated rings. The predicted octanol–water partition coefficient (Wildman–Crippen LogP) is 1.75. The predicted molar refractivity (Wildman–Crippen MR) is 59.8 cm³/mol. The van der Waals surface area contributed by atoms with Crippen molar-refractivity contribution in [2.45, 2.75) is 31.2 Å². The molecule has 14 heavy (non-hydrogen) atoms. The summed E-state index contributed by atoms with van der Waals surface area (Å²) in [5, 5.41) is 14.9. The van der Waals surface area contributed by atoms with Gasteiger partial charge in [0.05, 0.1) is 6.61 Å². The zero-order valence-electron chi connectivity index (χ0n) is 8.49. The van der Waals surface area contributed by atoms with Crippen molar-refractivity contribution in [3.05, 3.63) is 22.4 Å². The first-order chi connectivity index (χ1) is 6.83. The van der Waals surface area contributed by atoms with Gasteiger partial charge in [0, 0.05) is 16.3 Å². The Morgan fingerprint density at radius 3 is 3.14 bits per heavy atom. The summed E-state index contributed by atoms with van der Waals surface area (Å²) in [6, 6.07) is 4.54. The van der Waals surface area contributed by atoms with Gasteiger partial charge in [0.25, 0.3) is 0 Å². The van der Waals surface area contributed by atoms with Crippen LogP contribution in [0.4, 0.5) is 0 Å². The molecule has 0 bridgehead atoms. The maximum Gasteiger partial charge on any atom is 0.0593 e. The third-order valence-electron chi connectivity index (χ3n) is 3.45. The number of hydrogen-bond acceptors (Lipinski definition) is 3. The van der Waals surface area contributed by atoms with E-state index in [9.17, 15) is 5.11 Å². The molecule has 1 aromatic rings. The molecule has 2 N–H and O–H groups in total. The number of aliphatic hydroxyl groups is 1. The highest BCUT2D eigenvalue weighted by atomic mass is 32.1. The van der Waals surface area contributed by atoms with Crippen molar-refractivity contribution in [1.29, 1.82) is 0 Å². The van der Waals surface area contributed by atoms with Crippen LogP contribution in [0.25, 0.3) is 0 Å². The fourth-order valence-corrected chi connectivity index (χ4v) is 3.62. The third kappa shape index (κ3) is 1.40. The molecule has 78 valence electrons. The SMILES string of the molecule is CCC1(c2cccs2)CCNC1CO. The van der Waals surface area contributed by atoms with Crippen molar-refractivity contribution in [2.75, 3.05) is 13.2 Å². The van der Waals surface area contributed by atoms with Crippen molar-refractivity contribution in [3.63, 3.8) is 0 Å². The van der Waals surface area contributed by atoms with E-state index >= 15 is 0 Å². The quantitative estimate of drug-likeness (QED) is 0.798. The van der Waals surface area contributed by atoms with Gasteiger partial charge in [-0.2, -0.15) is 0 Å². The Morgan fingerprint density at radius 2 is 2.57 bits per heavy atom. The fourth-order valence-electron chi connectivity index (χ4n) is 2.53. The topological polar surface area (TPSA) is 32.3 Å². The van der Waals surface area contributed by atoms with Gasteiger partial charge in [-0.25, -0.2) is 0 Å². The fraction of sp³-hybridized carbons (Fsp3) is 0.636. The van der Waals surface area contributed by atoms with Crippen LogP contribution in [-0.2, 0) is 5.41 Å². The van der Waals surface area contributed by atoms with E-state index in [1.807, 2.05) is 11.3 Å². The van der Waals surface area contributed by atoms with Gasteiger partial charge in [0.1, 0.15) is 0 Å². The molecule has 2 rings (SSSR count). The molecule has 0 aliphatic carbocycles. The second-order valence-corrected chi connectivity index (χ2v) is 4.87. The minimum Gasteiger partial charge on any atom is -0.395 e. The number of aliphatic hydroxyl groups excluding tert-OH is 1. The smallest absolute Gasteiger partial charge is 0.0593 e. The molecule has 2 nitrogen and oxygen atoms in total. The van der Waals surface area contributed by atoms with Crippen molar-refractivity contribution < 1.29 is 5.11 Å². The van der Waals surface area contributed by atoms with E-state index in [-0.39, 0.29) is 18.1 Å². The minimum atomic E-state index is 0.183. The number of thiophene rings is 1. The van der Waals surface area contributed by atoms with Gasteiger partial charge in [-0.05, 0) is 30.8 Å². The summed E-state index contributed by atoms with van der Waals surface area (Å²) in [6.07, 6.45) is 2.25. The van der Waals surface area contributed by atoms with Gasteiger partial charge in [-0.15, -0.1) is 11.3 Å². The van der Waals surface area contributed by atoms with Crippen LogP contribution in [0, 0.1) is 0 Å². The first kappa shape index (κ1) is 10.1. The lowest BCUT2D eigenvalue weighted by Gasteiger charge is -2.32. The number of nitrogens with one attached hydrogen (secondary N) is 1. The molecule has 2 unspecified atom stereocenters. The molecule has 0 saturated carbocycles. The van der Waals surface area contributed by atoms with Crippen LogP contribution in [0.3, 0.4) is 0 Å². The molecule has 1 aliphatic heterocycles. The summed E-state index contributed by atoms with van der Waals surface area (Å²) in [5.41, 5.74) is 0.183. The Morgan fingerprint density at radius 1 is 1.71 bits per heavy atom. The van der Waals surface area contributed by atoms with E-state index < -0.39 is 0 Å². The van der Waals surface area contributed by atoms with E-state index in [2.05, 4.69) is 29.8 Å². The summed E-state index contributed by atoms with van der Waals surface area (Å²) in [5.74, 6) is 0. The Kier molecular flexibility index (Phi) is 2.91. The lowest BCUT2D eigenvalue weighted by Crippen LogP contribution is -2.42. The Hall–Kier alpha value is -0.380. The molecule has 0 radical (unpaired) electrons. The molecule has 0 amide bonds. The minimum absolute atomic E-state index is 0.183. The van der Waals surface area contributed by atoms with Gasteiger partial charge < -0.3 is 10.4 Å². The maximum absolute atomic E-state index is 9.37. The van der Waals surface area contributed by atoms with Crippen LogP contribution >= 0.6 is 11.3 Å². The Bertz CT molecular complexity index is 285. The van der Waals surface area contributed by atoms with Crippen LogP contribution in [-0.4, -0.2) is 24.3 Å². The Labute approximate surface area is 89.0 Å². The van der Waals surface area contributed by atoms with Crippen LogP contribution in [0.5, 0.6) is 0 Å². The average molecular weight is 211 g/mol. The molecule has 2 atom stereocenters. The van der Waals surface area contributed by atoms with E-state index in [1.165, 1.54) is 4.88 Å². The van der Waals surface area contributed by atoms with Gasteiger partial charge in [0.15, 0.2) is 0 Å². The summed E-state index contributed by atoms with van der Waals surface area (Å²) in [7, 11) is 0. The van der Waals surface area contributed by atoms with Crippen LogP contribution in [0.15, 0.2) is 17.5 Å². The lowest BCUT2D eigenvalue weighted by atomic mass is 9.77. The number of hydrogen-bond donors (Lipinski definition) is 2. The van der Waals surface area contributed by atoms with Crippen molar-refractivity contribution in [3.8, 4) is 0 Å². The first-order valence-corrected chi connectivity index (χ1v) is 6.09. The van der Waals surface area contributed by atoms with E-state index in [0.29, 0.717) is 0 Å². The normalized spacial score (nSPS) is 32.3. The lowest BCUT2D eigenvalue weighted by molar-refractivity contribution is 0.205. The molecular weight excluding hydrogens is 194 g/mol. The van der Waals surface area contributed by atoms with Gasteiger partial charge in [0.2, 0.25) is 0 Å². The van der Waals surface area contributed by atoms with Gasteiger partial charge >= 0.3 is 0 Å². The van der Waals surface area contributed by atoms with Crippen molar-refractivity contribution in [2.24, 2.45) is 0 Å². The molecule has 3 heteroatoms. The second kappa shape index (κ2) is 4.01. The standard InChI is InChI=1S/C11H17NOS/c1-2-11(10-4-3-7-14-10)5-6-12-9(11)8-13/h3-4,7,9,12-13H,2,5-6,8H2,1H3. The summed E-state index contributed by atoms with van der Waals surface area (Å²) < 4.78 is 0. The third-order valence-corrected chi connectivity index (χ3v) is 4.54. The van der Waals surface area contributed by atoms with Crippen LogP contribution in [0.2, 0.25) is 0 Å². The van der Waals surface area contributed by atoms with Gasteiger partial charge in [-0.1, -0.05) is 13.0 Å². The van der Waals surface area contributed by atoms with E-state index in [1.54, 1.807) is 0 Å². The molecule has 1 aliphatic rings. The monoisotopic (exact) mass is 211 g/mol. The largest absolute Gasteiger partial charge is 0.395 e. The summed E-state index contributed by atoms with van der Waals surface area (Å²) in [4.78, 5) is 1.42. The molecule has 0 spiro atoms. The summed E-state index contributed by atoms with van der Waals surface area (Å²) in [6.45, 7) is 3.48. The van der Waals surface area contributed by atoms with Crippen LogP contribution in [0.1, 0.15) is 24.6 Å². The summed E-state index contributed by atoms with van der Waals surface area (Å²) >= 11 is 1.81. The average Bonchev–Trinajstić information content (AvgIpc) is 2.86. The molecule has 2 heterocycles. The first-order valence-electron chi connectivity index (χ1n) is 5.21. The highest BCUT2D eigenvalue weighted by Crippen LogP contribution is 2.40. The highest BCUT2D eigenvalue weighted by Gasteiger charge is 2.42. The zero-order valence-corrected chi connectivity index (χ0v) is 9.31. The molecule has 1 saturated heterocycles. The maximum atomic E-state index is 9.37. The van der Waals surface area contributed by atoms with Gasteiger partial charge in [-0.3, -0.25) is 0 Å². The second-order valence-electron chi connectivity index (χ2n) is 3.93. The highest BCUT2D eigenvalue weighted by molar-refractivity contribution is 7.10. The van der Waals surface area contributed by atoms with E-state index in [0.717, 1.165) is 19.4 Å². The molecule has 0 aromatic carbocycles. The Balaban J connectivity index is 2.33.